The minimum absolute atomic E-state index is 0.102. The molecule has 1 aromatic heterocycles. The van der Waals surface area contributed by atoms with E-state index in [0.717, 1.165) is 82.3 Å². The number of carbonyl (C=O) groups excluding carboxylic acids is 2. The molecule has 1 aromatic rings. The van der Waals surface area contributed by atoms with Crippen molar-refractivity contribution in [2.45, 2.75) is 63.8 Å². The van der Waals surface area contributed by atoms with Crippen LogP contribution in [0.15, 0.2) is 6.07 Å². The van der Waals surface area contributed by atoms with Gasteiger partial charge >= 0.3 is 0 Å². The summed E-state index contributed by atoms with van der Waals surface area (Å²) in [5, 5.41) is 0. The highest BCUT2D eigenvalue weighted by Crippen LogP contribution is 2.34. The largest absolute Gasteiger partial charge is 0.340 e. The molecule has 0 N–H and O–H groups in total. The summed E-state index contributed by atoms with van der Waals surface area (Å²) in [4.78, 5) is 34.8. The molecular formula is C23H33N3O2S. The van der Waals surface area contributed by atoms with E-state index >= 15 is 0 Å². The summed E-state index contributed by atoms with van der Waals surface area (Å²) in [6.45, 7) is 5.66. The van der Waals surface area contributed by atoms with E-state index in [1.807, 2.05) is 4.90 Å². The zero-order valence-electron chi connectivity index (χ0n) is 17.4. The second-order valence-corrected chi connectivity index (χ2v) is 10.4. The lowest BCUT2D eigenvalue weighted by molar-refractivity contribution is -0.138. The van der Waals surface area contributed by atoms with Gasteiger partial charge in [-0.3, -0.25) is 14.5 Å². The van der Waals surface area contributed by atoms with Crippen molar-refractivity contribution in [1.29, 1.82) is 0 Å². The SMILES string of the molecule is O=C(c1cc2c(s1)CCC(C(=O)N1CCN(C3CCCC3)CC1)C2)N1CCCC1. The fourth-order valence-corrected chi connectivity index (χ4v) is 6.93. The molecule has 158 valence electrons. The monoisotopic (exact) mass is 415 g/mol. The molecule has 0 radical (unpaired) electrons. The topological polar surface area (TPSA) is 43.9 Å². The van der Waals surface area contributed by atoms with E-state index in [2.05, 4.69) is 15.9 Å². The average molecular weight is 416 g/mol. The summed E-state index contributed by atoms with van der Waals surface area (Å²) < 4.78 is 0. The quantitative estimate of drug-likeness (QED) is 0.762. The fourth-order valence-electron chi connectivity index (χ4n) is 5.75. The van der Waals surface area contributed by atoms with Gasteiger partial charge in [0, 0.05) is 56.1 Å². The normalized spacial score (nSPS) is 26.1. The molecule has 29 heavy (non-hydrogen) atoms. The number of carbonyl (C=O) groups is 2. The molecule has 2 saturated heterocycles. The molecule has 1 atom stereocenters. The van der Waals surface area contributed by atoms with Crippen LogP contribution in [0.3, 0.4) is 0 Å². The number of hydrogen-bond acceptors (Lipinski definition) is 4. The summed E-state index contributed by atoms with van der Waals surface area (Å²) in [7, 11) is 0. The van der Waals surface area contributed by atoms with Crippen LogP contribution in [0.5, 0.6) is 0 Å². The molecule has 0 spiro atoms. The lowest BCUT2D eigenvalue weighted by Gasteiger charge is -2.39. The Kier molecular flexibility index (Phi) is 5.65. The molecule has 1 unspecified atom stereocenters. The zero-order valence-corrected chi connectivity index (χ0v) is 18.2. The summed E-state index contributed by atoms with van der Waals surface area (Å²) >= 11 is 1.67. The molecule has 2 aliphatic carbocycles. The van der Waals surface area contributed by atoms with Crippen molar-refractivity contribution in [3.8, 4) is 0 Å². The van der Waals surface area contributed by atoms with E-state index < -0.39 is 0 Å². The molecule has 4 aliphatic rings. The van der Waals surface area contributed by atoms with Crippen molar-refractivity contribution in [2.24, 2.45) is 5.92 Å². The van der Waals surface area contributed by atoms with Crippen LogP contribution in [0.1, 0.15) is 65.1 Å². The fraction of sp³-hybridized carbons (Fsp3) is 0.739. The van der Waals surface area contributed by atoms with Gasteiger partial charge in [-0.1, -0.05) is 12.8 Å². The number of thiophene rings is 1. The second-order valence-electron chi connectivity index (χ2n) is 9.30. The van der Waals surface area contributed by atoms with Crippen molar-refractivity contribution >= 4 is 23.2 Å². The number of fused-ring (bicyclic) bond motifs is 1. The molecule has 6 heteroatoms. The highest BCUT2D eigenvalue weighted by molar-refractivity contribution is 7.14. The van der Waals surface area contributed by atoms with E-state index in [1.165, 1.54) is 36.1 Å². The maximum Gasteiger partial charge on any atom is 0.263 e. The third-order valence-corrected chi connectivity index (χ3v) is 8.73. The molecule has 2 amide bonds. The van der Waals surface area contributed by atoms with Crippen molar-refractivity contribution in [3.63, 3.8) is 0 Å². The van der Waals surface area contributed by atoms with Gasteiger partial charge in [0.05, 0.1) is 4.88 Å². The van der Waals surface area contributed by atoms with E-state index in [0.29, 0.717) is 5.91 Å². The highest BCUT2D eigenvalue weighted by atomic mass is 32.1. The first kappa shape index (κ1) is 19.6. The van der Waals surface area contributed by atoms with Gasteiger partial charge in [0.2, 0.25) is 5.91 Å². The Balaban J connectivity index is 1.18. The number of aryl methyl sites for hydroxylation is 1. The number of rotatable bonds is 3. The first-order chi connectivity index (χ1) is 14.2. The Labute approximate surface area is 178 Å². The number of nitrogens with zero attached hydrogens (tertiary/aromatic N) is 3. The molecule has 2 aliphatic heterocycles. The number of hydrogen-bond donors (Lipinski definition) is 0. The second kappa shape index (κ2) is 8.38. The number of amides is 2. The van der Waals surface area contributed by atoms with E-state index in [4.69, 9.17) is 0 Å². The van der Waals surface area contributed by atoms with Crippen LogP contribution in [0.4, 0.5) is 0 Å². The third kappa shape index (κ3) is 3.98. The Morgan fingerprint density at radius 3 is 2.31 bits per heavy atom. The zero-order chi connectivity index (χ0) is 19.8. The van der Waals surface area contributed by atoms with E-state index in [-0.39, 0.29) is 11.8 Å². The molecule has 5 rings (SSSR count). The summed E-state index contributed by atoms with van der Waals surface area (Å²) in [6, 6.07) is 2.86. The van der Waals surface area contributed by atoms with Crippen molar-refractivity contribution in [1.82, 2.24) is 14.7 Å². The van der Waals surface area contributed by atoms with Crippen LogP contribution >= 0.6 is 11.3 Å². The summed E-state index contributed by atoms with van der Waals surface area (Å²) in [5.74, 6) is 0.651. The molecule has 0 bridgehead atoms. The standard InChI is InChI=1S/C23H33N3O2S/c27-22(26-13-11-24(12-14-26)19-5-1-2-6-19)17-7-8-20-18(15-17)16-21(29-20)23(28)25-9-3-4-10-25/h16-17,19H,1-15H2. The first-order valence-corrected chi connectivity index (χ1v) is 12.4. The van der Waals surface area contributed by atoms with Gasteiger partial charge in [-0.15, -0.1) is 11.3 Å². The van der Waals surface area contributed by atoms with Gasteiger partial charge in [0.15, 0.2) is 0 Å². The highest BCUT2D eigenvalue weighted by Gasteiger charge is 2.34. The van der Waals surface area contributed by atoms with E-state index in [9.17, 15) is 9.59 Å². The summed E-state index contributed by atoms with van der Waals surface area (Å²) in [6.07, 6.45) is 10.4. The minimum Gasteiger partial charge on any atom is -0.340 e. The molecule has 0 aromatic carbocycles. The molecule has 3 fully saturated rings. The molecule has 5 nitrogen and oxygen atoms in total. The van der Waals surface area contributed by atoms with Gasteiger partial charge in [-0.25, -0.2) is 0 Å². The Bertz CT molecular complexity index is 756. The van der Waals surface area contributed by atoms with E-state index in [1.54, 1.807) is 11.3 Å². The Morgan fingerprint density at radius 2 is 1.59 bits per heavy atom. The van der Waals surface area contributed by atoms with Crippen molar-refractivity contribution < 1.29 is 9.59 Å². The van der Waals surface area contributed by atoms with Gasteiger partial charge in [0.25, 0.3) is 5.91 Å². The average Bonchev–Trinajstić information content (AvgIpc) is 3.53. The third-order valence-electron chi connectivity index (χ3n) is 7.50. The van der Waals surface area contributed by atoms with Crippen LogP contribution in [-0.4, -0.2) is 71.8 Å². The minimum atomic E-state index is 0.102. The predicted octanol–water partition coefficient (Wildman–Crippen LogP) is 3.18. The van der Waals surface area contributed by atoms with Gasteiger partial charge in [0.1, 0.15) is 0 Å². The van der Waals surface area contributed by atoms with Crippen LogP contribution in [0, 0.1) is 5.92 Å². The van der Waals surface area contributed by atoms with Crippen LogP contribution < -0.4 is 0 Å². The van der Waals surface area contributed by atoms with Gasteiger partial charge in [-0.2, -0.15) is 0 Å². The predicted molar refractivity (Wildman–Crippen MR) is 115 cm³/mol. The van der Waals surface area contributed by atoms with Crippen molar-refractivity contribution in [3.05, 3.63) is 21.4 Å². The Morgan fingerprint density at radius 1 is 0.862 bits per heavy atom. The lowest BCUT2D eigenvalue weighted by Crippen LogP contribution is -2.53. The van der Waals surface area contributed by atoms with Gasteiger partial charge < -0.3 is 9.80 Å². The van der Waals surface area contributed by atoms with Gasteiger partial charge in [-0.05, 0) is 56.6 Å². The van der Waals surface area contributed by atoms with Crippen LogP contribution in [-0.2, 0) is 17.6 Å². The molecular weight excluding hydrogens is 382 g/mol. The van der Waals surface area contributed by atoms with Crippen molar-refractivity contribution in [2.75, 3.05) is 39.3 Å². The number of piperazine rings is 1. The maximum atomic E-state index is 13.2. The number of likely N-dealkylation sites (tertiary alicyclic amines) is 1. The Hall–Kier alpha value is -1.40. The lowest BCUT2D eigenvalue weighted by atomic mass is 9.87. The molecule has 1 saturated carbocycles. The summed E-state index contributed by atoms with van der Waals surface area (Å²) in [5.41, 5.74) is 1.26. The smallest absolute Gasteiger partial charge is 0.263 e. The maximum absolute atomic E-state index is 13.2. The molecule has 3 heterocycles. The van der Waals surface area contributed by atoms with Crippen LogP contribution in [0.2, 0.25) is 0 Å². The first-order valence-electron chi connectivity index (χ1n) is 11.6. The van der Waals surface area contributed by atoms with Crippen LogP contribution in [0.25, 0.3) is 0 Å².